The molecule has 1 aliphatic carbocycles. The zero-order valence-electron chi connectivity index (χ0n) is 19.3. The first-order chi connectivity index (χ1) is 15.4. The van der Waals surface area contributed by atoms with Gasteiger partial charge in [0, 0.05) is 43.1 Å². The van der Waals surface area contributed by atoms with Crippen molar-refractivity contribution >= 4 is 22.7 Å². The van der Waals surface area contributed by atoms with Crippen LogP contribution in [0.15, 0.2) is 96.3 Å². The van der Waals surface area contributed by atoms with Crippen LogP contribution in [0.25, 0.3) is 11.3 Å². The molecule has 0 atom stereocenters. The van der Waals surface area contributed by atoms with E-state index in [0.717, 1.165) is 45.3 Å². The third-order valence-corrected chi connectivity index (χ3v) is 5.55. The van der Waals surface area contributed by atoms with Crippen LogP contribution in [-0.4, -0.2) is 45.6 Å². The summed E-state index contributed by atoms with van der Waals surface area (Å²) in [6, 6.07) is 16.5. The van der Waals surface area contributed by atoms with E-state index in [-0.39, 0.29) is 0 Å². The lowest BCUT2D eigenvalue weighted by Crippen LogP contribution is -2.10. The fourth-order valence-electron chi connectivity index (χ4n) is 3.58. The van der Waals surface area contributed by atoms with Gasteiger partial charge in [0.1, 0.15) is 31.4 Å². The topological polar surface area (TPSA) is 24.7 Å². The van der Waals surface area contributed by atoms with Crippen LogP contribution >= 0.6 is 0 Å². The summed E-state index contributed by atoms with van der Waals surface area (Å²) in [5.41, 5.74) is 6.62. The van der Waals surface area contributed by atoms with Gasteiger partial charge in [-0.05, 0) is 71.8 Å². The molecule has 4 rings (SSSR count). The number of ether oxygens (including phenoxy) is 2. The molecule has 0 amide bonds. The second kappa shape index (κ2) is 9.15. The molecule has 0 spiro atoms. The largest absolute Gasteiger partial charge is 0.497 e. The molecule has 1 heterocycles. The summed E-state index contributed by atoms with van der Waals surface area (Å²) in [6.45, 7) is 0. The van der Waals surface area contributed by atoms with Crippen molar-refractivity contribution in [1.82, 2.24) is 0 Å². The van der Waals surface area contributed by atoms with E-state index in [0.29, 0.717) is 0 Å². The second-order valence-electron chi connectivity index (χ2n) is 8.19. The molecule has 1 aliphatic heterocycles. The Morgan fingerprint density at radius 1 is 0.781 bits per heavy atom. The van der Waals surface area contributed by atoms with Crippen LogP contribution in [-0.2, 0) is 4.74 Å². The number of anilines is 1. The maximum Gasteiger partial charge on any atom is 0.199 e. The Bertz CT molecular complexity index is 1170. The van der Waals surface area contributed by atoms with Gasteiger partial charge in [0.25, 0.3) is 0 Å². The lowest BCUT2D eigenvalue weighted by atomic mass is 9.98. The molecule has 0 saturated heterocycles. The van der Waals surface area contributed by atoms with E-state index in [1.54, 1.807) is 7.11 Å². The van der Waals surface area contributed by atoms with Crippen LogP contribution in [0, 0.1) is 0 Å². The minimum absolute atomic E-state index is 0.813. The molecule has 0 aromatic heterocycles. The molecule has 0 unspecified atom stereocenters. The second-order valence-corrected chi connectivity index (χ2v) is 8.19. The molecule has 2 aromatic rings. The van der Waals surface area contributed by atoms with E-state index in [9.17, 15) is 0 Å². The number of hydrogen-bond donors (Lipinski definition) is 0. The van der Waals surface area contributed by atoms with Crippen molar-refractivity contribution < 1.29 is 14.0 Å². The minimum Gasteiger partial charge on any atom is -0.497 e. The van der Waals surface area contributed by atoms with Crippen molar-refractivity contribution in [1.29, 1.82) is 0 Å². The van der Waals surface area contributed by atoms with Gasteiger partial charge in [-0.1, -0.05) is 12.1 Å². The van der Waals surface area contributed by atoms with Gasteiger partial charge in [-0.25, -0.2) is 4.58 Å². The average Bonchev–Trinajstić information content (AvgIpc) is 2.84. The molecule has 2 aliphatic rings. The highest BCUT2D eigenvalue weighted by Crippen LogP contribution is 2.34. The summed E-state index contributed by atoms with van der Waals surface area (Å²) in [5.74, 6) is 2.47. The number of rotatable bonds is 4. The number of methoxy groups -OCH3 is 1. The van der Waals surface area contributed by atoms with E-state index < -0.39 is 0 Å². The highest BCUT2D eigenvalue weighted by atomic mass is 16.5. The number of nitrogens with zero attached hydrogens (tertiary/aromatic N) is 2. The van der Waals surface area contributed by atoms with Gasteiger partial charge >= 0.3 is 0 Å². The maximum absolute atomic E-state index is 6.38. The molecular formula is C28H29N2O2+. The van der Waals surface area contributed by atoms with Crippen molar-refractivity contribution in [3.8, 4) is 5.75 Å². The first kappa shape index (κ1) is 21.4. The summed E-state index contributed by atoms with van der Waals surface area (Å²) in [5, 5.41) is 0. The van der Waals surface area contributed by atoms with Crippen LogP contribution < -0.4 is 9.64 Å². The normalized spacial score (nSPS) is 15.2. The van der Waals surface area contributed by atoms with Crippen LogP contribution in [0.3, 0.4) is 0 Å². The molecule has 0 radical (unpaired) electrons. The van der Waals surface area contributed by atoms with Crippen LogP contribution in [0.1, 0.15) is 11.1 Å². The Balaban J connectivity index is 1.77. The highest BCUT2D eigenvalue weighted by Gasteiger charge is 2.18. The van der Waals surface area contributed by atoms with Crippen LogP contribution in [0.4, 0.5) is 5.69 Å². The van der Waals surface area contributed by atoms with Crippen LogP contribution in [0.5, 0.6) is 5.75 Å². The number of hydrogen-bond acceptors (Lipinski definition) is 3. The summed E-state index contributed by atoms with van der Waals surface area (Å²) >= 11 is 0. The van der Waals surface area contributed by atoms with E-state index in [1.807, 2.05) is 52.5 Å². The predicted molar refractivity (Wildman–Crippen MR) is 133 cm³/mol. The van der Waals surface area contributed by atoms with Crippen molar-refractivity contribution in [2.45, 2.75) is 0 Å². The molecule has 162 valence electrons. The van der Waals surface area contributed by atoms with E-state index in [1.165, 1.54) is 5.69 Å². The van der Waals surface area contributed by atoms with Gasteiger partial charge in [0.15, 0.2) is 5.71 Å². The van der Waals surface area contributed by atoms with Gasteiger partial charge in [0.05, 0.1) is 7.11 Å². The Kier molecular flexibility index (Phi) is 6.13. The van der Waals surface area contributed by atoms with Crippen molar-refractivity contribution in [2.24, 2.45) is 0 Å². The van der Waals surface area contributed by atoms with Crippen molar-refractivity contribution in [3.63, 3.8) is 0 Å². The predicted octanol–water partition coefficient (Wildman–Crippen LogP) is 5.31. The van der Waals surface area contributed by atoms with Gasteiger partial charge in [-0.15, -0.1) is 0 Å². The maximum atomic E-state index is 6.38. The molecule has 2 aromatic carbocycles. The van der Waals surface area contributed by atoms with Gasteiger partial charge < -0.3 is 14.4 Å². The third kappa shape index (κ3) is 4.59. The summed E-state index contributed by atoms with van der Waals surface area (Å²) in [7, 11) is 9.85. The molecule has 0 saturated carbocycles. The molecule has 0 bridgehead atoms. The molecule has 4 nitrogen and oxygen atoms in total. The van der Waals surface area contributed by atoms with Gasteiger partial charge in [0.2, 0.25) is 0 Å². The fourth-order valence-corrected chi connectivity index (χ4v) is 3.58. The lowest BCUT2D eigenvalue weighted by molar-refractivity contribution is -0.462. The Morgan fingerprint density at radius 2 is 1.41 bits per heavy atom. The number of benzene rings is 2. The molecule has 0 N–H and O–H groups in total. The zero-order chi connectivity index (χ0) is 22.7. The minimum atomic E-state index is 0.813. The van der Waals surface area contributed by atoms with E-state index >= 15 is 0 Å². The standard InChI is InChI=1S/C28H29N2O2/c1-29(2)24-12-6-20(7-13-24)23-18-27(21-8-14-25(15-9-21)30(3)4)32-28(19-23)22-10-16-26(31-5)17-11-22/h6-19H,1-5H3/q+1. The van der Waals surface area contributed by atoms with E-state index in [4.69, 9.17) is 9.47 Å². The molecular weight excluding hydrogens is 396 g/mol. The molecule has 32 heavy (non-hydrogen) atoms. The monoisotopic (exact) mass is 425 g/mol. The smallest absolute Gasteiger partial charge is 0.199 e. The van der Waals surface area contributed by atoms with Crippen molar-refractivity contribution in [2.75, 3.05) is 40.2 Å². The summed E-state index contributed by atoms with van der Waals surface area (Å²) in [4.78, 5) is 2.10. The molecule has 4 heteroatoms. The quantitative estimate of drug-likeness (QED) is 0.621. The highest BCUT2D eigenvalue weighted by molar-refractivity contribution is 6.02. The fraction of sp³-hybridized carbons (Fsp3) is 0.179. The van der Waals surface area contributed by atoms with Gasteiger partial charge in [-0.3, -0.25) is 0 Å². The van der Waals surface area contributed by atoms with Crippen molar-refractivity contribution in [3.05, 3.63) is 107 Å². The number of allylic oxidation sites excluding steroid dienone is 8. The first-order valence-electron chi connectivity index (χ1n) is 10.6. The first-order valence-corrected chi connectivity index (χ1v) is 10.6. The SMILES string of the molecule is COc1ccc(C2=CC(c3ccc(N(C)C)cc3)=CC(=C3C=CC(=[N+](C)C)C=C3)O2)cc1. The lowest BCUT2D eigenvalue weighted by Gasteiger charge is -2.21. The Morgan fingerprint density at radius 3 is 1.97 bits per heavy atom. The summed E-state index contributed by atoms with van der Waals surface area (Å²) in [6.07, 6.45) is 12.6. The Labute approximate surface area is 190 Å². The third-order valence-electron chi connectivity index (χ3n) is 5.55. The molecule has 0 fully saturated rings. The van der Waals surface area contributed by atoms with Gasteiger partial charge in [-0.2, -0.15) is 0 Å². The average molecular weight is 426 g/mol. The van der Waals surface area contributed by atoms with Crippen LogP contribution in [0.2, 0.25) is 0 Å². The zero-order valence-corrected chi connectivity index (χ0v) is 19.3. The summed E-state index contributed by atoms with van der Waals surface area (Å²) < 4.78 is 13.8. The Hall–Kier alpha value is -3.79. The van der Waals surface area contributed by atoms with E-state index in [2.05, 4.69) is 70.2 Å².